The highest BCUT2D eigenvalue weighted by Gasteiger charge is 2.50. The van der Waals surface area contributed by atoms with E-state index < -0.39 is 30.8 Å². The van der Waals surface area contributed by atoms with E-state index in [-0.39, 0.29) is 6.04 Å². The van der Waals surface area contributed by atoms with Crippen LogP contribution in [0, 0.1) is 0 Å². The predicted molar refractivity (Wildman–Crippen MR) is 147 cm³/mol. The number of para-hydroxylation sites is 1. The highest BCUT2D eigenvalue weighted by atomic mass is 19.3. The summed E-state index contributed by atoms with van der Waals surface area (Å²) in [5.41, 5.74) is 3.30. The van der Waals surface area contributed by atoms with Crippen LogP contribution in [0.5, 0.6) is 5.88 Å². The molecule has 210 valence electrons. The van der Waals surface area contributed by atoms with Gasteiger partial charge in [-0.3, -0.25) is 14.4 Å². The van der Waals surface area contributed by atoms with Gasteiger partial charge in [0.25, 0.3) is 11.8 Å². The SMILES string of the molecule is COc1nn(C)cc1Nc1nccc(-c2c[nH]c3c(NC(=O)C4CC(F)(F)CN4[C@@H]4CCN(C)C4)cccc23)n1. The number of fused-ring (bicyclic) bond motifs is 1. The molecule has 6 rings (SSSR count). The van der Waals surface area contributed by atoms with E-state index in [2.05, 4.69) is 35.6 Å². The third-order valence-electron chi connectivity index (χ3n) is 7.58. The lowest BCUT2D eigenvalue weighted by atomic mass is 10.1. The van der Waals surface area contributed by atoms with Crippen molar-refractivity contribution >= 4 is 34.1 Å². The van der Waals surface area contributed by atoms with Crippen molar-refractivity contribution in [3.63, 3.8) is 0 Å². The van der Waals surface area contributed by atoms with Crippen LogP contribution < -0.4 is 15.4 Å². The van der Waals surface area contributed by atoms with Gasteiger partial charge < -0.3 is 25.3 Å². The largest absolute Gasteiger partial charge is 0.478 e. The number of ether oxygens (including phenoxy) is 1. The van der Waals surface area contributed by atoms with Gasteiger partial charge in [0.2, 0.25) is 11.9 Å². The summed E-state index contributed by atoms with van der Waals surface area (Å²) in [4.78, 5) is 29.4. The van der Waals surface area contributed by atoms with Crippen LogP contribution in [0.2, 0.25) is 0 Å². The van der Waals surface area contributed by atoms with Gasteiger partial charge in [-0.25, -0.2) is 18.7 Å². The van der Waals surface area contributed by atoms with Crippen molar-refractivity contribution in [3.05, 3.63) is 42.9 Å². The molecule has 1 aromatic carbocycles. The van der Waals surface area contributed by atoms with E-state index in [1.54, 1.807) is 41.2 Å². The van der Waals surface area contributed by atoms with E-state index in [0.717, 1.165) is 23.9 Å². The van der Waals surface area contributed by atoms with Crippen molar-refractivity contribution in [3.8, 4) is 17.1 Å². The number of aromatic nitrogens is 5. The van der Waals surface area contributed by atoms with Crippen LogP contribution in [-0.2, 0) is 11.8 Å². The third-order valence-corrected chi connectivity index (χ3v) is 7.58. The smallest absolute Gasteiger partial charge is 0.262 e. The Morgan fingerprint density at radius 1 is 1.23 bits per heavy atom. The Kier molecular flexibility index (Phi) is 6.62. The first kappa shape index (κ1) is 26.1. The van der Waals surface area contributed by atoms with E-state index in [9.17, 15) is 13.6 Å². The highest BCUT2D eigenvalue weighted by Crippen LogP contribution is 2.37. The summed E-state index contributed by atoms with van der Waals surface area (Å²) in [6.07, 6.45) is 5.51. The molecule has 2 atom stereocenters. The number of likely N-dealkylation sites (tertiary alicyclic amines) is 2. The van der Waals surface area contributed by atoms with Gasteiger partial charge in [0, 0.05) is 49.4 Å². The standard InChI is InChI=1S/C27H31F2N9O2/c1-36-10-8-16(13-36)38-15-27(28,29)11-22(38)24(39)32-20-6-4-5-17-18(12-31-23(17)20)19-7-9-30-26(33-19)34-21-14-37(2)35-25(21)40-3/h4-7,9,12,14,16,22,31H,8,10-11,13,15H2,1-3H3,(H,32,39)(H,30,33,34)/t16-,22?/m1/s1. The fraction of sp³-hybridized carbons (Fsp3) is 0.407. The fourth-order valence-electron chi connectivity index (χ4n) is 5.73. The van der Waals surface area contributed by atoms with Gasteiger partial charge in [-0.15, -0.1) is 5.10 Å². The molecule has 2 aliphatic rings. The number of aryl methyl sites for hydroxylation is 1. The monoisotopic (exact) mass is 551 g/mol. The summed E-state index contributed by atoms with van der Waals surface area (Å²) in [5.74, 6) is -2.54. The quantitative estimate of drug-likeness (QED) is 0.320. The molecule has 5 heterocycles. The molecule has 0 aliphatic carbocycles. The van der Waals surface area contributed by atoms with Crippen LogP contribution in [0.1, 0.15) is 12.8 Å². The van der Waals surface area contributed by atoms with E-state index in [0.29, 0.717) is 41.0 Å². The number of hydrogen-bond acceptors (Lipinski definition) is 8. The second kappa shape index (κ2) is 10.1. The van der Waals surface area contributed by atoms with Gasteiger partial charge in [0.15, 0.2) is 0 Å². The highest BCUT2D eigenvalue weighted by molar-refractivity contribution is 6.06. The number of benzene rings is 1. The number of carbonyl (C=O) groups excluding carboxylic acids is 1. The van der Waals surface area contributed by atoms with Crippen molar-refractivity contribution in [2.45, 2.75) is 30.8 Å². The summed E-state index contributed by atoms with van der Waals surface area (Å²) in [5, 5.41) is 11.1. The topological polar surface area (TPSA) is 116 Å². The zero-order valence-corrected chi connectivity index (χ0v) is 22.5. The Balaban J connectivity index is 1.25. The molecule has 0 bridgehead atoms. The van der Waals surface area contributed by atoms with Crippen LogP contribution in [-0.4, -0.2) is 92.2 Å². The van der Waals surface area contributed by atoms with Gasteiger partial charge in [-0.1, -0.05) is 12.1 Å². The summed E-state index contributed by atoms with van der Waals surface area (Å²) >= 11 is 0. The van der Waals surface area contributed by atoms with Crippen LogP contribution in [0.25, 0.3) is 22.2 Å². The molecule has 1 unspecified atom stereocenters. The molecule has 0 saturated carbocycles. The molecule has 13 heteroatoms. The van der Waals surface area contributed by atoms with Crippen LogP contribution in [0.4, 0.5) is 26.1 Å². The van der Waals surface area contributed by atoms with Crippen LogP contribution in [0.15, 0.2) is 42.9 Å². The number of aromatic amines is 1. The lowest BCUT2D eigenvalue weighted by molar-refractivity contribution is -0.121. The number of anilines is 3. The molecular weight excluding hydrogens is 520 g/mol. The first-order valence-electron chi connectivity index (χ1n) is 13.1. The van der Waals surface area contributed by atoms with E-state index in [4.69, 9.17) is 4.74 Å². The van der Waals surface area contributed by atoms with Gasteiger partial charge in [0.1, 0.15) is 5.69 Å². The Morgan fingerprint density at radius 3 is 2.85 bits per heavy atom. The molecule has 1 amide bonds. The number of nitrogens with zero attached hydrogens (tertiary/aromatic N) is 6. The molecular formula is C27H31F2N9O2. The minimum absolute atomic E-state index is 0.0609. The Labute approximate surface area is 229 Å². The van der Waals surface area contributed by atoms with Gasteiger partial charge in [-0.05, 0) is 32.1 Å². The van der Waals surface area contributed by atoms with Crippen molar-refractivity contribution in [1.82, 2.24) is 34.5 Å². The van der Waals surface area contributed by atoms with Crippen molar-refractivity contribution in [1.29, 1.82) is 0 Å². The summed E-state index contributed by atoms with van der Waals surface area (Å²) in [6, 6.07) is 6.34. The number of nitrogens with one attached hydrogen (secondary N) is 3. The number of H-pyrrole nitrogens is 1. The molecule has 2 fully saturated rings. The Bertz CT molecular complexity index is 1550. The molecule has 11 nitrogen and oxygen atoms in total. The van der Waals surface area contributed by atoms with Crippen LogP contribution in [0.3, 0.4) is 0 Å². The molecule has 3 aromatic heterocycles. The zero-order chi connectivity index (χ0) is 28.0. The number of likely N-dealkylation sites (N-methyl/N-ethyl adjacent to an activating group) is 1. The molecule has 2 aliphatic heterocycles. The number of carbonyl (C=O) groups is 1. The molecule has 4 aromatic rings. The third kappa shape index (κ3) is 4.97. The number of rotatable bonds is 7. The maximum atomic E-state index is 14.5. The number of hydrogen-bond donors (Lipinski definition) is 3. The van der Waals surface area contributed by atoms with Crippen LogP contribution >= 0.6 is 0 Å². The molecule has 40 heavy (non-hydrogen) atoms. The molecule has 2 saturated heterocycles. The minimum Gasteiger partial charge on any atom is -0.478 e. The lowest BCUT2D eigenvalue weighted by Gasteiger charge is -2.29. The van der Waals surface area contributed by atoms with Crippen molar-refractivity contribution in [2.24, 2.45) is 7.05 Å². The summed E-state index contributed by atoms with van der Waals surface area (Å²) in [7, 11) is 5.30. The van der Waals surface area contributed by atoms with Gasteiger partial charge in [-0.2, -0.15) is 0 Å². The molecule has 0 radical (unpaired) electrons. The maximum absolute atomic E-state index is 14.5. The zero-order valence-electron chi connectivity index (χ0n) is 22.5. The normalized spacial score (nSPS) is 21.2. The molecule has 0 spiro atoms. The summed E-state index contributed by atoms with van der Waals surface area (Å²) in [6.45, 7) is 1.12. The van der Waals surface area contributed by atoms with E-state index >= 15 is 0 Å². The van der Waals surface area contributed by atoms with Gasteiger partial charge in [0.05, 0.1) is 42.8 Å². The predicted octanol–water partition coefficient (Wildman–Crippen LogP) is 3.46. The maximum Gasteiger partial charge on any atom is 0.262 e. The number of halogens is 2. The average Bonchev–Trinajstić information content (AvgIpc) is 3.69. The second-order valence-corrected chi connectivity index (χ2v) is 10.5. The Hall–Kier alpha value is -4.10. The van der Waals surface area contributed by atoms with E-state index in [1.807, 2.05) is 25.4 Å². The number of alkyl halides is 2. The van der Waals surface area contributed by atoms with Crippen molar-refractivity contribution in [2.75, 3.05) is 44.4 Å². The van der Waals surface area contributed by atoms with E-state index in [1.165, 1.54) is 7.11 Å². The lowest BCUT2D eigenvalue weighted by Crippen LogP contribution is -2.46. The number of amides is 1. The first-order valence-corrected chi connectivity index (χ1v) is 13.1. The second-order valence-electron chi connectivity index (χ2n) is 10.5. The Morgan fingerprint density at radius 2 is 2.08 bits per heavy atom. The average molecular weight is 552 g/mol. The minimum atomic E-state index is -2.90. The molecule has 3 N–H and O–H groups in total. The fourth-order valence-corrected chi connectivity index (χ4v) is 5.73. The first-order chi connectivity index (χ1) is 19.2. The number of methoxy groups -OCH3 is 1. The van der Waals surface area contributed by atoms with Crippen molar-refractivity contribution < 1.29 is 18.3 Å². The van der Waals surface area contributed by atoms with Gasteiger partial charge >= 0.3 is 0 Å². The summed E-state index contributed by atoms with van der Waals surface area (Å²) < 4.78 is 35.9.